The van der Waals surface area contributed by atoms with Gasteiger partial charge in [-0.05, 0) is 140 Å². The Morgan fingerprint density at radius 3 is 1.38 bits per heavy atom. The van der Waals surface area contributed by atoms with E-state index in [0.29, 0.717) is 0 Å². The van der Waals surface area contributed by atoms with E-state index in [1.54, 1.807) is 0 Å². The lowest BCUT2D eigenvalue weighted by molar-refractivity contribution is 0.465. The molecule has 1 atom stereocenters. The lowest BCUT2D eigenvalue weighted by atomic mass is 9.34. The molecule has 422 valence electrons. The van der Waals surface area contributed by atoms with Crippen LogP contribution >= 0.6 is 6.04 Å². The minimum atomic E-state index is -2.95. The fraction of sp³-hybridized carbons (Fsp3) is 0. The molecule has 4 aliphatic rings. The molecule has 8 heteroatoms. The molecule has 0 saturated carbocycles. The highest BCUT2D eigenvalue weighted by atomic mass is 32.4. The molecule has 14 aromatic rings. The standard InChI is InChI=1S/C82H51BNO4PS/c90-89-75-41-21-37-62(52-23-6-1-7-24-52)78(75)87-80-66(54-27-10-3-11-28-54)51-67(81(82(80)89)88-79-63(38-22-42-76(79)89)53-25-8-2-9-26-53)57-30-20-29-55(47-57)56-43-46-72-69(48-56)83-68-39-18-19-40-71(68)85-73-49-58(50-74(86-72)77(73)83)61-44-45-70(65-36-17-16-35-64(61)65)84(59-31-12-4-13-32-59)60-33-14-5-15-34-60/h1-51H. The van der Waals surface area contributed by atoms with Crippen molar-refractivity contribution in [3.05, 3.63) is 309 Å². The molecule has 4 aliphatic heterocycles. The van der Waals surface area contributed by atoms with Crippen LogP contribution in [0, 0.1) is 0 Å². The first-order valence-corrected chi connectivity index (χ1v) is 33.2. The minimum absolute atomic E-state index is 0.162. The van der Waals surface area contributed by atoms with Crippen LogP contribution in [0.15, 0.2) is 309 Å². The molecule has 0 aliphatic carbocycles. The smallest absolute Gasteiger partial charge is 0.260 e. The second-order valence-corrected chi connectivity index (χ2v) is 27.5. The predicted octanol–water partition coefficient (Wildman–Crippen LogP) is 19.0. The van der Waals surface area contributed by atoms with Crippen LogP contribution in [0.4, 0.5) is 17.1 Å². The Morgan fingerprint density at radius 2 is 0.767 bits per heavy atom. The van der Waals surface area contributed by atoms with Gasteiger partial charge in [0.15, 0.2) is 0 Å². The van der Waals surface area contributed by atoms with E-state index in [4.69, 9.17) is 30.8 Å². The van der Waals surface area contributed by atoms with Crippen LogP contribution in [0.1, 0.15) is 0 Å². The SMILES string of the molecule is S=P12c3cccc(-c4ccccc4)c3Oc3c(-c4ccccc4)cc(-c4cccc(-c5ccc6c(c5)B5c7ccccc7Oc7cc(-c8ccc(N(c9ccccc9)c9ccccc9)c9ccccc89)cc(c75)O6)c4)c(c31)Oc1c(-c3ccccc3)cccc12. The maximum Gasteiger partial charge on any atom is 0.260 e. The van der Waals surface area contributed by atoms with Gasteiger partial charge in [-0.1, -0.05) is 242 Å². The Bertz CT molecular complexity index is 5230. The lowest BCUT2D eigenvalue weighted by Crippen LogP contribution is -2.57. The van der Waals surface area contributed by atoms with Crippen LogP contribution in [0.5, 0.6) is 46.0 Å². The van der Waals surface area contributed by atoms with E-state index in [-0.39, 0.29) is 6.71 Å². The number of hydrogen-bond donors (Lipinski definition) is 0. The summed E-state index contributed by atoms with van der Waals surface area (Å²) in [7, 11) is 0. The molecule has 5 nitrogen and oxygen atoms in total. The summed E-state index contributed by atoms with van der Waals surface area (Å²) in [6.07, 6.45) is 0. The average molecular weight is 1190 g/mol. The maximum absolute atomic E-state index is 7.57. The van der Waals surface area contributed by atoms with Crippen molar-refractivity contribution >= 4 is 84.7 Å². The molecule has 90 heavy (non-hydrogen) atoms. The van der Waals surface area contributed by atoms with Crippen LogP contribution < -0.4 is 56.1 Å². The Kier molecular flexibility index (Phi) is 12.1. The molecule has 0 fully saturated rings. The first-order chi connectivity index (χ1) is 44.5. The average Bonchev–Trinajstić information content (AvgIpc) is 0.694. The summed E-state index contributed by atoms with van der Waals surface area (Å²) < 4.78 is 29.1. The second-order valence-electron chi connectivity index (χ2n) is 23.3. The van der Waals surface area contributed by atoms with Crippen molar-refractivity contribution in [1.82, 2.24) is 0 Å². The normalized spacial score (nSPS) is 14.2. The van der Waals surface area contributed by atoms with Crippen LogP contribution in [0.2, 0.25) is 0 Å². The largest absolute Gasteiger partial charge is 0.458 e. The fourth-order valence-electron chi connectivity index (χ4n) is 14.2. The van der Waals surface area contributed by atoms with Gasteiger partial charge in [0.05, 0.1) is 17.0 Å². The zero-order chi connectivity index (χ0) is 59.4. The number of rotatable bonds is 9. The Labute approximate surface area is 527 Å². The molecule has 0 amide bonds. The molecule has 0 N–H and O–H groups in total. The number of anilines is 3. The number of nitrogens with zero attached hydrogens (tertiary/aromatic N) is 1. The van der Waals surface area contributed by atoms with Gasteiger partial charge in [-0.2, -0.15) is 0 Å². The summed E-state index contributed by atoms with van der Waals surface area (Å²) in [5.41, 5.74) is 18.7. The van der Waals surface area contributed by atoms with Gasteiger partial charge in [0.1, 0.15) is 46.0 Å². The van der Waals surface area contributed by atoms with E-state index >= 15 is 0 Å². The zero-order valence-electron chi connectivity index (χ0n) is 48.5. The van der Waals surface area contributed by atoms with Gasteiger partial charge in [0.25, 0.3) is 6.71 Å². The van der Waals surface area contributed by atoms with Crippen LogP contribution in [-0.4, -0.2) is 6.71 Å². The monoisotopic (exact) mass is 1190 g/mol. The number of fused-ring (bicyclic) bond motifs is 9. The Hall–Kier alpha value is -10.9. The highest BCUT2D eigenvalue weighted by molar-refractivity contribution is 8.26. The molecule has 4 heterocycles. The van der Waals surface area contributed by atoms with Gasteiger partial charge in [0, 0.05) is 55.1 Å². The van der Waals surface area contributed by atoms with E-state index in [1.165, 1.54) is 0 Å². The summed E-state index contributed by atoms with van der Waals surface area (Å²) >= 11 is 7.47. The molecular weight excluding hydrogens is 1140 g/mol. The molecule has 1 unspecified atom stereocenters. The quantitative estimate of drug-likeness (QED) is 0.106. The van der Waals surface area contributed by atoms with Gasteiger partial charge in [-0.15, -0.1) is 0 Å². The van der Waals surface area contributed by atoms with E-state index in [2.05, 4.69) is 314 Å². The van der Waals surface area contributed by atoms with E-state index in [9.17, 15) is 0 Å². The first-order valence-electron chi connectivity index (χ1n) is 30.4. The summed E-state index contributed by atoms with van der Waals surface area (Å²) in [5, 5.41) is 5.21. The number of ether oxygens (including phenoxy) is 4. The zero-order valence-corrected chi connectivity index (χ0v) is 50.2. The highest BCUT2D eigenvalue weighted by Gasteiger charge is 2.47. The van der Waals surface area contributed by atoms with Gasteiger partial charge < -0.3 is 23.8 Å². The van der Waals surface area contributed by atoms with Crippen molar-refractivity contribution in [1.29, 1.82) is 0 Å². The van der Waals surface area contributed by atoms with Gasteiger partial charge in [-0.25, -0.2) is 0 Å². The van der Waals surface area contributed by atoms with Crippen LogP contribution in [0.25, 0.3) is 77.5 Å². The first kappa shape index (κ1) is 52.2. The maximum atomic E-state index is 7.57. The van der Waals surface area contributed by atoms with Crippen molar-refractivity contribution in [2.45, 2.75) is 0 Å². The van der Waals surface area contributed by atoms with Gasteiger partial charge >= 0.3 is 0 Å². The van der Waals surface area contributed by atoms with Gasteiger partial charge in [0.2, 0.25) is 0 Å². The second kappa shape index (κ2) is 20.9. The summed E-state index contributed by atoms with van der Waals surface area (Å²) in [4.78, 5) is 2.33. The minimum Gasteiger partial charge on any atom is -0.458 e. The Balaban J connectivity index is 0.778. The lowest BCUT2D eigenvalue weighted by Gasteiger charge is -2.40. The van der Waals surface area contributed by atoms with Crippen LogP contribution in [0.3, 0.4) is 0 Å². The van der Waals surface area contributed by atoms with Crippen molar-refractivity contribution < 1.29 is 18.9 Å². The van der Waals surface area contributed by atoms with Crippen molar-refractivity contribution in [3.63, 3.8) is 0 Å². The van der Waals surface area contributed by atoms with Crippen LogP contribution in [-0.2, 0) is 11.8 Å². The Morgan fingerprint density at radius 1 is 0.289 bits per heavy atom. The topological polar surface area (TPSA) is 40.2 Å². The molecular formula is C82H51BNO4PS. The number of para-hydroxylation sites is 5. The molecule has 0 spiro atoms. The highest BCUT2D eigenvalue weighted by Crippen LogP contribution is 2.64. The third-order valence-electron chi connectivity index (χ3n) is 18.2. The van der Waals surface area contributed by atoms with Crippen molar-refractivity contribution in [2.75, 3.05) is 4.90 Å². The number of hydrogen-bond acceptors (Lipinski definition) is 6. The van der Waals surface area contributed by atoms with Crippen molar-refractivity contribution in [2.24, 2.45) is 0 Å². The summed E-state index contributed by atoms with van der Waals surface area (Å²) in [5.74, 6) is 6.24. The summed E-state index contributed by atoms with van der Waals surface area (Å²) in [6, 6.07) is 107. The molecule has 14 aromatic carbocycles. The third kappa shape index (κ3) is 8.21. The number of benzene rings is 14. The molecule has 18 rings (SSSR count). The van der Waals surface area contributed by atoms with Gasteiger partial charge in [-0.3, -0.25) is 0 Å². The van der Waals surface area contributed by atoms with E-state index < -0.39 is 6.04 Å². The molecule has 0 radical (unpaired) electrons. The third-order valence-corrected chi connectivity index (χ3v) is 23.0. The fourth-order valence-corrected chi connectivity index (χ4v) is 18.7. The predicted molar refractivity (Wildman–Crippen MR) is 375 cm³/mol. The van der Waals surface area contributed by atoms with E-state index in [0.717, 1.165) is 173 Å². The molecule has 0 bridgehead atoms. The van der Waals surface area contributed by atoms with E-state index in [1.807, 2.05) is 0 Å². The molecule has 0 aromatic heterocycles. The molecule has 0 saturated heterocycles. The van der Waals surface area contributed by atoms with Crippen molar-refractivity contribution in [3.8, 4) is 113 Å². The summed E-state index contributed by atoms with van der Waals surface area (Å²) in [6.45, 7) is -0.162.